The number of nitrogen functional groups attached to an aromatic ring is 1. The highest BCUT2D eigenvalue weighted by Gasteiger charge is 2.31. The number of hydrazine groups is 1. The molecule has 1 saturated carbocycles. The maximum atomic E-state index is 12.0. The lowest BCUT2D eigenvalue weighted by Crippen LogP contribution is -2.47. The lowest BCUT2D eigenvalue weighted by Gasteiger charge is -2.35. The van der Waals surface area contributed by atoms with Crippen LogP contribution in [0.3, 0.4) is 0 Å². The molecule has 4 N–H and O–H groups in total. The molecule has 0 unspecified atom stereocenters. The third kappa shape index (κ3) is 2.80. The summed E-state index contributed by atoms with van der Waals surface area (Å²) in [5.74, 6) is 5.28. The molecule has 5 nitrogen and oxygen atoms in total. The standard InChI is InChI=1S/C13H19N3O2/c1-2-18-10-7-9(8-10)15-13(17)11-5-3-4-6-12(11)16-14/h3-6,9-10,16H,2,7-8,14H2,1H3,(H,15,17). The summed E-state index contributed by atoms with van der Waals surface area (Å²) < 4.78 is 5.46. The number of hydrogen-bond donors (Lipinski definition) is 3. The van der Waals surface area contributed by atoms with Crippen molar-refractivity contribution in [2.24, 2.45) is 5.84 Å². The molecular weight excluding hydrogens is 230 g/mol. The fraction of sp³-hybridized carbons (Fsp3) is 0.462. The Morgan fingerprint density at radius 2 is 2.17 bits per heavy atom. The molecule has 1 amide bonds. The van der Waals surface area contributed by atoms with E-state index in [0.29, 0.717) is 17.4 Å². The smallest absolute Gasteiger partial charge is 0.253 e. The van der Waals surface area contributed by atoms with Crippen LogP contribution < -0.4 is 16.6 Å². The number of hydrogen-bond acceptors (Lipinski definition) is 4. The molecule has 0 saturated heterocycles. The first-order valence-electron chi connectivity index (χ1n) is 6.22. The predicted molar refractivity (Wildman–Crippen MR) is 70.2 cm³/mol. The maximum Gasteiger partial charge on any atom is 0.253 e. The number of carbonyl (C=O) groups excluding carboxylic acids is 1. The summed E-state index contributed by atoms with van der Waals surface area (Å²) in [6.45, 7) is 2.71. The van der Waals surface area contributed by atoms with E-state index in [0.717, 1.165) is 19.4 Å². The highest BCUT2D eigenvalue weighted by molar-refractivity contribution is 5.99. The van der Waals surface area contributed by atoms with Gasteiger partial charge >= 0.3 is 0 Å². The van der Waals surface area contributed by atoms with Gasteiger partial charge in [0.25, 0.3) is 5.91 Å². The van der Waals surface area contributed by atoms with Crippen LogP contribution in [-0.2, 0) is 4.74 Å². The van der Waals surface area contributed by atoms with E-state index in [1.807, 2.05) is 19.1 Å². The van der Waals surface area contributed by atoms with E-state index in [1.54, 1.807) is 12.1 Å². The minimum atomic E-state index is -0.0940. The van der Waals surface area contributed by atoms with Gasteiger partial charge in [0.15, 0.2) is 0 Å². The molecule has 18 heavy (non-hydrogen) atoms. The zero-order chi connectivity index (χ0) is 13.0. The van der Waals surface area contributed by atoms with E-state index < -0.39 is 0 Å². The van der Waals surface area contributed by atoms with Crippen LogP contribution in [-0.4, -0.2) is 24.7 Å². The predicted octanol–water partition coefficient (Wildman–Crippen LogP) is 1.27. The number of carbonyl (C=O) groups is 1. The molecule has 2 rings (SSSR count). The van der Waals surface area contributed by atoms with Crippen molar-refractivity contribution in [2.45, 2.75) is 31.9 Å². The molecule has 5 heteroatoms. The van der Waals surface area contributed by atoms with Crippen molar-refractivity contribution in [3.05, 3.63) is 29.8 Å². The largest absolute Gasteiger partial charge is 0.378 e. The number of nitrogens with two attached hydrogens (primary N) is 1. The summed E-state index contributed by atoms with van der Waals surface area (Å²) in [6, 6.07) is 7.39. The number of ether oxygens (including phenoxy) is 1. The van der Waals surface area contributed by atoms with Crippen molar-refractivity contribution in [3.8, 4) is 0 Å². The van der Waals surface area contributed by atoms with Crippen LogP contribution in [0.4, 0.5) is 5.69 Å². The Labute approximate surface area is 107 Å². The second-order valence-electron chi connectivity index (χ2n) is 4.41. The molecule has 0 spiro atoms. The molecular formula is C13H19N3O2. The second kappa shape index (κ2) is 5.84. The molecule has 1 aromatic rings. The van der Waals surface area contributed by atoms with Crippen molar-refractivity contribution in [2.75, 3.05) is 12.0 Å². The van der Waals surface area contributed by atoms with E-state index in [1.165, 1.54) is 0 Å². The molecule has 0 heterocycles. The minimum Gasteiger partial charge on any atom is -0.378 e. The SMILES string of the molecule is CCOC1CC(NC(=O)c2ccccc2NN)C1. The molecule has 0 aromatic heterocycles. The molecule has 1 aliphatic rings. The van der Waals surface area contributed by atoms with Crippen molar-refractivity contribution in [1.82, 2.24) is 5.32 Å². The Hall–Kier alpha value is -1.59. The first kappa shape index (κ1) is 12.9. The summed E-state index contributed by atoms with van der Waals surface area (Å²) >= 11 is 0. The Morgan fingerprint density at radius 3 is 2.83 bits per heavy atom. The van der Waals surface area contributed by atoms with Gasteiger partial charge in [-0.25, -0.2) is 0 Å². The summed E-state index contributed by atoms with van der Waals surface area (Å²) in [7, 11) is 0. The Kier molecular flexibility index (Phi) is 4.17. The number of anilines is 1. The van der Waals surface area contributed by atoms with Crippen molar-refractivity contribution in [3.63, 3.8) is 0 Å². The van der Waals surface area contributed by atoms with Crippen LogP contribution in [0.15, 0.2) is 24.3 Å². The fourth-order valence-corrected chi connectivity index (χ4v) is 2.13. The molecule has 1 fully saturated rings. The van der Waals surface area contributed by atoms with E-state index in [-0.39, 0.29) is 11.9 Å². The normalized spacial score (nSPS) is 22.1. The van der Waals surface area contributed by atoms with Crippen LogP contribution >= 0.6 is 0 Å². The highest BCUT2D eigenvalue weighted by atomic mass is 16.5. The number of rotatable bonds is 5. The van der Waals surface area contributed by atoms with Gasteiger partial charge in [-0.3, -0.25) is 10.6 Å². The molecule has 1 aromatic carbocycles. The summed E-state index contributed by atoms with van der Waals surface area (Å²) in [6.07, 6.45) is 2.07. The lowest BCUT2D eigenvalue weighted by atomic mass is 9.89. The minimum absolute atomic E-state index is 0.0940. The second-order valence-corrected chi connectivity index (χ2v) is 4.41. The third-order valence-electron chi connectivity index (χ3n) is 3.16. The fourth-order valence-electron chi connectivity index (χ4n) is 2.13. The molecule has 0 bridgehead atoms. The van der Waals surface area contributed by atoms with Crippen molar-refractivity contribution >= 4 is 11.6 Å². The van der Waals surface area contributed by atoms with E-state index in [2.05, 4.69) is 10.7 Å². The van der Waals surface area contributed by atoms with Gasteiger partial charge in [-0.05, 0) is 31.9 Å². The first-order valence-corrected chi connectivity index (χ1v) is 6.22. The zero-order valence-corrected chi connectivity index (χ0v) is 10.5. The summed E-state index contributed by atoms with van der Waals surface area (Å²) in [5, 5.41) is 2.98. The maximum absolute atomic E-state index is 12.0. The van der Waals surface area contributed by atoms with Crippen LogP contribution in [0.25, 0.3) is 0 Å². The van der Waals surface area contributed by atoms with Gasteiger partial charge < -0.3 is 15.5 Å². The van der Waals surface area contributed by atoms with Gasteiger partial charge in [0, 0.05) is 12.6 Å². The Balaban J connectivity index is 1.89. The van der Waals surface area contributed by atoms with Gasteiger partial charge in [0.1, 0.15) is 0 Å². The van der Waals surface area contributed by atoms with Gasteiger partial charge in [-0.2, -0.15) is 0 Å². The van der Waals surface area contributed by atoms with Gasteiger partial charge in [0.05, 0.1) is 17.4 Å². The average Bonchev–Trinajstić information content (AvgIpc) is 2.36. The van der Waals surface area contributed by atoms with Crippen LogP contribution in [0.1, 0.15) is 30.1 Å². The topological polar surface area (TPSA) is 76.4 Å². The number of nitrogens with one attached hydrogen (secondary N) is 2. The molecule has 0 atom stereocenters. The van der Waals surface area contributed by atoms with Crippen LogP contribution in [0, 0.1) is 0 Å². The van der Waals surface area contributed by atoms with Crippen LogP contribution in [0.2, 0.25) is 0 Å². The van der Waals surface area contributed by atoms with E-state index >= 15 is 0 Å². The molecule has 98 valence electrons. The van der Waals surface area contributed by atoms with Gasteiger partial charge in [-0.15, -0.1) is 0 Å². The number of benzene rings is 1. The van der Waals surface area contributed by atoms with Gasteiger partial charge in [0.2, 0.25) is 0 Å². The number of para-hydroxylation sites is 1. The number of amides is 1. The molecule has 0 aliphatic heterocycles. The zero-order valence-electron chi connectivity index (χ0n) is 10.5. The molecule has 1 aliphatic carbocycles. The molecule has 0 radical (unpaired) electrons. The van der Waals surface area contributed by atoms with Crippen LogP contribution in [0.5, 0.6) is 0 Å². The lowest BCUT2D eigenvalue weighted by molar-refractivity contribution is -0.00861. The van der Waals surface area contributed by atoms with Crippen molar-refractivity contribution in [1.29, 1.82) is 0 Å². The quantitative estimate of drug-likeness (QED) is 0.542. The Morgan fingerprint density at radius 1 is 1.44 bits per heavy atom. The van der Waals surface area contributed by atoms with E-state index in [4.69, 9.17) is 10.6 Å². The van der Waals surface area contributed by atoms with Crippen molar-refractivity contribution < 1.29 is 9.53 Å². The van der Waals surface area contributed by atoms with Gasteiger partial charge in [-0.1, -0.05) is 12.1 Å². The summed E-state index contributed by atoms with van der Waals surface area (Å²) in [5.41, 5.74) is 3.73. The first-order chi connectivity index (χ1) is 8.74. The Bertz CT molecular complexity index is 416. The summed E-state index contributed by atoms with van der Waals surface area (Å²) in [4.78, 5) is 12.0. The van der Waals surface area contributed by atoms with E-state index in [9.17, 15) is 4.79 Å². The third-order valence-corrected chi connectivity index (χ3v) is 3.16. The monoisotopic (exact) mass is 249 g/mol. The average molecular weight is 249 g/mol. The highest BCUT2D eigenvalue weighted by Crippen LogP contribution is 2.24.